The van der Waals surface area contributed by atoms with E-state index in [1.165, 1.54) is 18.7 Å². The van der Waals surface area contributed by atoms with Crippen LogP contribution in [0.1, 0.15) is 13.3 Å². The molecule has 0 saturated carbocycles. The number of alkyl halides is 4. The number of carbonyl (C=O) groups excluding carboxylic acids is 1. The summed E-state index contributed by atoms with van der Waals surface area (Å²) >= 11 is 1.48. The van der Waals surface area contributed by atoms with E-state index in [1.54, 1.807) is 0 Å². The van der Waals surface area contributed by atoms with E-state index in [0.717, 1.165) is 0 Å². The maximum absolute atomic E-state index is 12.5. The van der Waals surface area contributed by atoms with E-state index in [4.69, 9.17) is 0 Å². The average Bonchev–Trinajstić information content (AvgIpc) is 2.14. The Morgan fingerprint density at radius 2 is 2.00 bits per heavy atom. The Labute approximate surface area is 89.8 Å². The molecule has 0 aromatic heterocycles. The van der Waals surface area contributed by atoms with Crippen molar-refractivity contribution in [2.24, 2.45) is 0 Å². The fourth-order valence-corrected chi connectivity index (χ4v) is 1.38. The van der Waals surface area contributed by atoms with Crippen LogP contribution in [0.25, 0.3) is 0 Å². The molecule has 0 radical (unpaired) electrons. The quantitative estimate of drug-likeness (QED) is 0.729. The van der Waals surface area contributed by atoms with Gasteiger partial charge in [-0.2, -0.15) is 20.5 Å². The minimum atomic E-state index is -4.60. The van der Waals surface area contributed by atoms with Crippen LogP contribution in [0, 0.1) is 0 Å². The van der Waals surface area contributed by atoms with Crippen LogP contribution in [0.5, 0.6) is 0 Å². The maximum Gasteiger partial charge on any atom is 0.383 e. The predicted molar refractivity (Wildman–Crippen MR) is 51.6 cm³/mol. The van der Waals surface area contributed by atoms with Crippen LogP contribution in [-0.2, 0) is 4.79 Å². The molecular weight excluding hydrogens is 234 g/mol. The minimum Gasteiger partial charge on any atom is -0.348 e. The second-order valence-corrected chi connectivity index (χ2v) is 4.07. The number of nitrogens with one attached hydrogen (secondary N) is 1. The Balaban J connectivity index is 4.12. The molecule has 15 heavy (non-hydrogen) atoms. The number of hydrogen-bond donors (Lipinski definition) is 1. The van der Waals surface area contributed by atoms with E-state index >= 15 is 0 Å². The van der Waals surface area contributed by atoms with Crippen molar-refractivity contribution in [2.75, 3.05) is 12.0 Å². The summed E-state index contributed by atoms with van der Waals surface area (Å²) in [6.45, 7) is 1.50. The molecule has 1 unspecified atom stereocenters. The largest absolute Gasteiger partial charge is 0.383 e. The van der Waals surface area contributed by atoms with E-state index < -0.39 is 24.3 Å². The SMILES string of the molecule is CSCCC(C)NC(=O)C(F)(F)C(F)F. The standard InChI is InChI=1S/C8H13F4NOS/c1-5(3-4-15-2)13-7(14)8(11,12)6(9)10/h5-6H,3-4H2,1-2H3,(H,13,14). The molecule has 0 saturated heterocycles. The summed E-state index contributed by atoms with van der Waals surface area (Å²) in [6, 6.07) is -0.533. The van der Waals surface area contributed by atoms with Gasteiger partial charge in [0.15, 0.2) is 0 Å². The van der Waals surface area contributed by atoms with Crippen molar-refractivity contribution >= 4 is 17.7 Å². The van der Waals surface area contributed by atoms with E-state index in [9.17, 15) is 22.4 Å². The highest BCUT2D eigenvalue weighted by molar-refractivity contribution is 7.98. The summed E-state index contributed by atoms with van der Waals surface area (Å²) in [7, 11) is 0. The molecule has 0 fully saturated rings. The molecule has 0 rings (SSSR count). The second kappa shape index (κ2) is 6.19. The number of amides is 1. The normalized spacial score (nSPS) is 14.1. The monoisotopic (exact) mass is 247 g/mol. The molecule has 0 aromatic carbocycles. The number of carbonyl (C=O) groups is 1. The summed E-state index contributed by atoms with van der Waals surface area (Å²) < 4.78 is 48.4. The van der Waals surface area contributed by atoms with Gasteiger partial charge in [0, 0.05) is 6.04 Å². The van der Waals surface area contributed by atoms with Crippen molar-refractivity contribution < 1.29 is 22.4 Å². The molecule has 0 aliphatic heterocycles. The molecule has 90 valence electrons. The topological polar surface area (TPSA) is 29.1 Å². The van der Waals surface area contributed by atoms with Crippen LogP contribution < -0.4 is 5.32 Å². The first-order valence-corrected chi connectivity index (χ1v) is 5.67. The smallest absolute Gasteiger partial charge is 0.348 e. The fourth-order valence-electron chi connectivity index (χ4n) is 0.786. The van der Waals surface area contributed by atoms with Gasteiger partial charge in [-0.05, 0) is 25.4 Å². The lowest BCUT2D eigenvalue weighted by Crippen LogP contribution is -2.48. The van der Waals surface area contributed by atoms with Gasteiger partial charge in [0.2, 0.25) is 0 Å². The van der Waals surface area contributed by atoms with E-state index in [0.29, 0.717) is 12.2 Å². The van der Waals surface area contributed by atoms with Gasteiger partial charge in [0.05, 0.1) is 0 Å². The highest BCUT2D eigenvalue weighted by atomic mass is 32.2. The van der Waals surface area contributed by atoms with Crippen molar-refractivity contribution in [3.05, 3.63) is 0 Å². The van der Waals surface area contributed by atoms with Crippen molar-refractivity contribution in [1.29, 1.82) is 0 Å². The van der Waals surface area contributed by atoms with Crippen LogP contribution >= 0.6 is 11.8 Å². The average molecular weight is 247 g/mol. The first kappa shape index (κ1) is 14.5. The summed E-state index contributed by atoms with van der Waals surface area (Å²) in [6.07, 6.45) is -1.68. The molecule has 1 amide bonds. The molecule has 0 bridgehead atoms. The lowest BCUT2D eigenvalue weighted by Gasteiger charge is -2.18. The van der Waals surface area contributed by atoms with Gasteiger partial charge < -0.3 is 5.32 Å². The lowest BCUT2D eigenvalue weighted by molar-refractivity contribution is -0.170. The Kier molecular flexibility index (Phi) is 6.00. The lowest BCUT2D eigenvalue weighted by atomic mass is 10.2. The van der Waals surface area contributed by atoms with Crippen LogP contribution in [0.3, 0.4) is 0 Å². The van der Waals surface area contributed by atoms with Gasteiger partial charge in [-0.1, -0.05) is 0 Å². The summed E-state index contributed by atoms with van der Waals surface area (Å²) in [5.41, 5.74) is 0. The van der Waals surface area contributed by atoms with Crippen molar-refractivity contribution in [3.63, 3.8) is 0 Å². The molecule has 1 atom stereocenters. The predicted octanol–water partition coefficient (Wildman–Crippen LogP) is 2.14. The Morgan fingerprint density at radius 3 is 2.40 bits per heavy atom. The third-order valence-electron chi connectivity index (χ3n) is 1.71. The molecule has 0 heterocycles. The van der Waals surface area contributed by atoms with Gasteiger partial charge in [0.25, 0.3) is 5.91 Å². The Bertz CT molecular complexity index is 213. The zero-order valence-corrected chi connectivity index (χ0v) is 9.21. The number of halogens is 4. The highest BCUT2D eigenvalue weighted by Crippen LogP contribution is 2.23. The summed E-state index contributed by atoms with van der Waals surface area (Å²) in [4.78, 5) is 10.7. The van der Waals surface area contributed by atoms with Gasteiger partial charge in [-0.15, -0.1) is 0 Å². The van der Waals surface area contributed by atoms with Crippen LogP contribution in [0.15, 0.2) is 0 Å². The summed E-state index contributed by atoms with van der Waals surface area (Å²) in [5, 5.41) is 1.85. The van der Waals surface area contributed by atoms with Crippen molar-refractivity contribution in [2.45, 2.75) is 31.7 Å². The molecule has 2 nitrogen and oxygen atoms in total. The minimum absolute atomic E-state index is 0.465. The molecule has 7 heteroatoms. The number of thioether (sulfide) groups is 1. The third kappa shape index (κ3) is 4.72. The zero-order valence-electron chi connectivity index (χ0n) is 8.40. The van der Waals surface area contributed by atoms with Crippen molar-refractivity contribution in [1.82, 2.24) is 5.32 Å². The molecular formula is C8H13F4NOS. The summed E-state index contributed by atoms with van der Waals surface area (Å²) in [5.74, 6) is -5.85. The third-order valence-corrected chi connectivity index (χ3v) is 2.35. The fraction of sp³-hybridized carbons (Fsp3) is 0.875. The number of hydrogen-bond acceptors (Lipinski definition) is 2. The van der Waals surface area contributed by atoms with Crippen LogP contribution in [-0.4, -0.2) is 36.3 Å². The van der Waals surface area contributed by atoms with Crippen LogP contribution in [0.2, 0.25) is 0 Å². The van der Waals surface area contributed by atoms with Gasteiger partial charge in [-0.3, -0.25) is 4.79 Å². The van der Waals surface area contributed by atoms with Crippen molar-refractivity contribution in [3.8, 4) is 0 Å². The highest BCUT2D eigenvalue weighted by Gasteiger charge is 2.49. The molecule has 0 aliphatic carbocycles. The zero-order chi connectivity index (χ0) is 12.1. The van der Waals surface area contributed by atoms with Gasteiger partial charge in [0.1, 0.15) is 0 Å². The molecule has 1 N–H and O–H groups in total. The van der Waals surface area contributed by atoms with Gasteiger partial charge in [-0.25, -0.2) is 8.78 Å². The Morgan fingerprint density at radius 1 is 1.47 bits per heavy atom. The van der Waals surface area contributed by atoms with E-state index in [1.807, 2.05) is 11.6 Å². The maximum atomic E-state index is 12.5. The second-order valence-electron chi connectivity index (χ2n) is 3.08. The van der Waals surface area contributed by atoms with Crippen LogP contribution in [0.4, 0.5) is 17.6 Å². The molecule has 0 aromatic rings. The number of rotatable bonds is 6. The van der Waals surface area contributed by atoms with E-state index in [2.05, 4.69) is 0 Å². The molecule has 0 spiro atoms. The first-order chi connectivity index (χ1) is 6.82. The van der Waals surface area contributed by atoms with E-state index in [-0.39, 0.29) is 0 Å². The first-order valence-electron chi connectivity index (χ1n) is 4.28. The Hall–Kier alpha value is -0.460. The van der Waals surface area contributed by atoms with Gasteiger partial charge >= 0.3 is 12.3 Å². The molecule has 0 aliphatic rings.